The molecule has 138 valence electrons. The lowest BCUT2D eigenvalue weighted by molar-refractivity contribution is -0.150. The number of hydrogen-bond acceptors (Lipinski definition) is 5. The number of halogens is 1. The molecule has 2 rings (SSSR count). The van der Waals surface area contributed by atoms with Gasteiger partial charge in [0.15, 0.2) is 6.10 Å². The van der Waals surface area contributed by atoms with Crippen molar-refractivity contribution in [3.05, 3.63) is 59.1 Å². The van der Waals surface area contributed by atoms with Gasteiger partial charge < -0.3 is 14.8 Å². The number of nitrogens with one attached hydrogen (secondary N) is 1. The van der Waals surface area contributed by atoms with E-state index >= 15 is 0 Å². The fourth-order valence-corrected chi connectivity index (χ4v) is 3.22. The number of thioether (sulfide) groups is 1. The second kappa shape index (κ2) is 10.1. The van der Waals surface area contributed by atoms with Gasteiger partial charge in [-0.2, -0.15) is 0 Å². The Morgan fingerprint density at radius 2 is 1.85 bits per heavy atom. The third kappa shape index (κ3) is 5.97. The van der Waals surface area contributed by atoms with E-state index in [-0.39, 0.29) is 5.75 Å². The standard InChI is InChI=1S/C19H20ClNO4S/c1-13(19(23)21-16-9-5-6-10-17(16)24-2)25-18(22)12-26-11-14-7-3-4-8-15(14)20/h3-10,13H,11-12H2,1-2H3,(H,21,23)/t13-/m1/s1. The molecule has 0 saturated heterocycles. The first kappa shape index (κ1) is 20.1. The van der Waals surface area contributed by atoms with E-state index in [4.69, 9.17) is 21.1 Å². The van der Waals surface area contributed by atoms with Gasteiger partial charge in [0.25, 0.3) is 5.91 Å². The van der Waals surface area contributed by atoms with Crippen LogP contribution in [-0.4, -0.2) is 30.8 Å². The number of rotatable bonds is 8. The normalized spacial score (nSPS) is 11.5. The lowest BCUT2D eigenvalue weighted by atomic mass is 10.2. The molecule has 1 atom stereocenters. The van der Waals surface area contributed by atoms with Crippen LogP contribution in [0.1, 0.15) is 12.5 Å². The highest BCUT2D eigenvalue weighted by Crippen LogP contribution is 2.23. The first-order chi connectivity index (χ1) is 12.5. The van der Waals surface area contributed by atoms with Crippen molar-refractivity contribution >= 4 is 40.9 Å². The summed E-state index contributed by atoms with van der Waals surface area (Å²) in [4.78, 5) is 24.1. The van der Waals surface area contributed by atoms with Gasteiger partial charge in [-0.25, -0.2) is 0 Å². The summed E-state index contributed by atoms with van der Waals surface area (Å²) in [6.07, 6.45) is -0.909. The third-order valence-corrected chi connectivity index (χ3v) is 4.80. The Balaban J connectivity index is 1.79. The van der Waals surface area contributed by atoms with Crippen molar-refractivity contribution in [2.75, 3.05) is 18.2 Å². The zero-order valence-electron chi connectivity index (χ0n) is 14.5. The molecule has 1 N–H and O–H groups in total. The zero-order chi connectivity index (χ0) is 18.9. The van der Waals surface area contributed by atoms with Crippen LogP contribution in [0, 0.1) is 0 Å². The monoisotopic (exact) mass is 393 g/mol. The topological polar surface area (TPSA) is 64.6 Å². The number of benzene rings is 2. The highest BCUT2D eigenvalue weighted by Gasteiger charge is 2.19. The highest BCUT2D eigenvalue weighted by atomic mass is 35.5. The van der Waals surface area contributed by atoms with E-state index in [1.54, 1.807) is 30.3 Å². The molecule has 0 fully saturated rings. The highest BCUT2D eigenvalue weighted by molar-refractivity contribution is 7.99. The van der Waals surface area contributed by atoms with Crippen LogP contribution < -0.4 is 10.1 Å². The van der Waals surface area contributed by atoms with E-state index in [1.807, 2.05) is 18.2 Å². The van der Waals surface area contributed by atoms with Crippen molar-refractivity contribution < 1.29 is 19.1 Å². The molecule has 0 aromatic heterocycles. The lowest BCUT2D eigenvalue weighted by Gasteiger charge is -2.15. The second-order valence-electron chi connectivity index (χ2n) is 5.41. The number of anilines is 1. The molecule has 0 heterocycles. The van der Waals surface area contributed by atoms with Crippen LogP contribution in [0.5, 0.6) is 5.75 Å². The molecule has 2 aromatic carbocycles. The maximum absolute atomic E-state index is 12.2. The largest absolute Gasteiger partial charge is 0.495 e. The van der Waals surface area contributed by atoms with E-state index in [9.17, 15) is 9.59 Å². The molecular weight excluding hydrogens is 374 g/mol. The molecule has 0 aliphatic rings. The van der Waals surface area contributed by atoms with Crippen molar-refractivity contribution in [2.45, 2.75) is 18.8 Å². The number of carbonyl (C=O) groups excluding carboxylic acids is 2. The maximum atomic E-state index is 12.2. The summed E-state index contributed by atoms with van der Waals surface area (Å²) in [5, 5.41) is 3.36. The molecule has 5 nitrogen and oxygen atoms in total. The van der Waals surface area contributed by atoms with Gasteiger partial charge in [0, 0.05) is 10.8 Å². The number of ether oxygens (including phenoxy) is 2. The number of para-hydroxylation sites is 2. The van der Waals surface area contributed by atoms with Gasteiger partial charge in [0.1, 0.15) is 5.75 Å². The van der Waals surface area contributed by atoms with Crippen LogP contribution in [0.3, 0.4) is 0 Å². The van der Waals surface area contributed by atoms with Crippen molar-refractivity contribution in [3.8, 4) is 5.75 Å². The first-order valence-electron chi connectivity index (χ1n) is 7.95. The van der Waals surface area contributed by atoms with Crippen LogP contribution in [0.15, 0.2) is 48.5 Å². The van der Waals surface area contributed by atoms with Gasteiger partial charge in [0.05, 0.1) is 18.6 Å². The summed E-state index contributed by atoms with van der Waals surface area (Å²) in [6.45, 7) is 1.53. The molecular formula is C19H20ClNO4S. The van der Waals surface area contributed by atoms with Crippen molar-refractivity contribution in [1.29, 1.82) is 0 Å². The Morgan fingerprint density at radius 3 is 2.58 bits per heavy atom. The Hall–Kier alpha value is -2.18. The van der Waals surface area contributed by atoms with Crippen LogP contribution in [0.4, 0.5) is 5.69 Å². The van der Waals surface area contributed by atoms with Gasteiger partial charge in [-0.05, 0) is 30.7 Å². The van der Waals surface area contributed by atoms with E-state index in [2.05, 4.69) is 5.32 Å². The predicted molar refractivity (Wildman–Crippen MR) is 105 cm³/mol. The van der Waals surface area contributed by atoms with Crippen LogP contribution in [0.25, 0.3) is 0 Å². The Labute approximate surface area is 162 Å². The molecule has 0 radical (unpaired) electrons. The molecule has 0 aliphatic heterocycles. The predicted octanol–water partition coefficient (Wildman–Crippen LogP) is 4.15. The van der Waals surface area contributed by atoms with E-state index in [0.29, 0.717) is 22.2 Å². The summed E-state index contributed by atoms with van der Waals surface area (Å²) in [5.41, 5.74) is 1.48. The van der Waals surface area contributed by atoms with Crippen LogP contribution in [-0.2, 0) is 20.1 Å². The molecule has 0 spiro atoms. The molecule has 0 saturated carbocycles. The molecule has 0 aliphatic carbocycles. The minimum atomic E-state index is -0.909. The van der Waals surface area contributed by atoms with Crippen LogP contribution >= 0.6 is 23.4 Å². The lowest BCUT2D eigenvalue weighted by Crippen LogP contribution is -2.30. The molecule has 26 heavy (non-hydrogen) atoms. The second-order valence-corrected chi connectivity index (χ2v) is 6.80. The minimum absolute atomic E-state index is 0.136. The van der Waals surface area contributed by atoms with E-state index < -0.39 is 18.0 Å². The average Bonchev–Trinajstić information content (AvgIpc) is 2.63. The summed E-state index contributed by atoms with van der Waals surface area (Å²) in [7, 11) is 1.52. The van der Waals surface area contributed by atoms with Gasteiger partial charge in [-0.3, -0.25) is 9.59 Å². The number of amides is 1. The Bertz CT molecular complexity index is 769. The Morgan fingerprint density at radius 1 is 1.15 bits per heavy atom. The number of methoxy groups -OCH3 is 1. The van der Waals surface area contributed by atoms with Gasteiger partial charge in [0.2, 0.25) is 0 Å². The van der Waals surface area contributed by atoms with Gasteiger partial charge in [-0.15, -0.1) is 11.8 Å². The van der Waals surface area contributed by atoms with Crippen molar-refractivity contribution in [1.82, 2.24) is 0 Å². The fraction of sp³-hybridized carbons (Fsp3) is 0.263. The number of esters is 1. The van der Waals surface area contributed by atoms with Gasteiger partial charge >= 0.3 is 5.97 Å². The summed E-state index contributed by atoms with van der Waals surface area (Å²) < 4.78 is 10.4. The fourth-order valence-electron chi connectivity index (χ4n) is 2.13. The van der Waals surface area contributed by atoms with E-state index in [1.165, 1.54) is 25.8 Å². The first-order valence-corrected chi connectivity index (χ1v) is 9.49. The number of carbonyl (C=O) groups is 2. The Kier molecular flexibility index (Phi) is 7.81. The SMILES string of the molecule is COc1ccccc1NC(=O)[C@@H](C)OC(=O)CSCc1ccccc1Cl. The minimum Gasteiger partial charge on any atom is -0.495 e. The molecule has 0 bridgehead atoms. The quantitative estimate of drug-likeness (QED) is 0.682. The maximum Gasteiger partial charge on any atom is 0.316 e. The molecule has 7 heteroatoms. The summed E-state index contributed by atoms with van der Waals surface area (Å²) >= 11 is 7.46. The average molecular weight is 394 g/mol. The van der Waals surface area contributed by atoms with Crippen molar-refractivity contribution in [2.24, 2.45) is 0 Å². The number of hydrogen-bond donors (Lipinski definition) is 1. The summed E-state index contributed by atoms with van der Waals surface area (Å²) in [5.74, 6) is 0.395. The molecule has 1 amide bonds. The van der Waals surface area contributed by atoms with Gasteiger partial charge in [-0.1, -0.05) is 41.9 Å². The summed E-state index contributed by atoms with van der Waals surface area (Å²) in [6, 6.07) is 14.5. The van der Waals surface area contributed by atoms with Crippen LogP contribution in [0.2, 0.25) is 5.02 Å². The zero-order valence-corrected chi connectivity index (χ0v) is 16.1. The van der Waals surface area contributed by atoms with Crippen molar-refractivity contribution in [3.63, 3.8) is 0 Å². The molecule has 2 aromatic rings. The molecule has 0 unspecified atom stereocenters. The smallest absolute Gasteiger partial charge is 0.316 e. The third-order valence-electron chi connectivity index (χ3n) is 3.48. The van der Waals surface area contributed by atoms with E-state index in [0.717, 1.165) is 5.56 Å².